The zero-order valence-electron chi connectivity index (χ0n) is 9.53. The molecule has 3 nitrogen and oxygen atoms in total. The van der Waals surface area contributed by atoms with Crippen LogP contribution in [0.5, 0.6) is 0 Å². The number of urea groups is 1. The fraction of sp³-hybridized carbons (Fsp3) is 0.417. The maximum Gasteiger partial charge on any atom is 0.314 e. The Bertz CT molecular complexity index is 330. The van der Waals surface area contributed by atoms with Crippen LogP contribution in [0.4, 0.5) is 4.79 Å². The summed E-state index contributed by atoms with van der Waals surface area (Å²) in [6.07, 6.45) is 0. The smallest absolute Gasteiger partial charge is 0.314 e. The Labute approximate surface area is 90.9 Å². The molecule has 0 aliphatic carbocycles. The Hall–Kier alpha value is -1.51. The lowest BCUT2D eigenvalue weighted by Gasteiger charge is -2.14. The summed E-state index contributed by atoms with van der Waals surface area (Å²) in [5.74, 6) is 0.535. The van der Waals surface area contributed by atoms with E-state index in [4.69, 9.17) is 5.73 Å². The number of amides is 2. The van der Waals surface area contributed by atoms with Gasteiger partial charge in [-0.3, -0.25) is 0 Å². The van der Waals surface area contributed by atoms with E-state index >= 15 is 0 Å². The standard InChI is InChI=1S/C12H18N2O/c1-9(2)11-6-4-10(5-7-11)8-14(3)12(13)15/h4-7,9H,8H2,1-3H3,(H2,13,15). The molecular weight excluding hydrogens is 188 g/mol. The van der Waals surface area contributed by atoms with E-state index in [2.05, 4.69) is 26.0 Å². The number of hydrogen-bond donors (Lipinski definition) is 1. The van der Waals surface area contributed by atoms with Gasteiger partial charge in [0, 0.05) is 13.6 Å². The minimum absolute atomic E-state index is 0.400. The van der Waals surface area contributed by atoms with Crippen LogP contribution in [0.15, 0.2) is 24.3 Å². The molecule has 1 aromatic rings. The minimum atomic E-state index is -0.400. The van der Waals surface area contributed by atoms with Crippen molar-refractivity contribution in [3.63, 3.8) is 0 Å². The van der Waals surface area contributed by atoms with Gasteiger partial charge in [-0.2, -0.15) is 0 Å². The summed E-state index contributed by atoms with van der Waals surface area (Å²) < 4.78 is 0. The predicted octanol–water partition coefficient (Wildman–Crippen LogP) is 2.32. The molecule has 2 N–H and O–H groups in total. The molecular formula is C12H18N2O. The van der Waals surface area contributed by atoms with Gasteiger partial charge in [0.15, 0.2) is 0 Å². The van der Waals surface area contributed by atoms with Crippen molar-refractivity contribution in [3.8, 4) is 0 Å². The van der Waals surface area contributed by atoms with E-state index in [0.717, 1.165) is 5.56 Å². The molecule has 0 unspecified atom stereocenters. The van der Waals surface area contributed by atoms with E-state index in [0.29, 0.717) is 12.5 Å². The lowest BCUT2D eigenvalue weighted by molar-refractivity contribution is 0.216. The van der Waals surface area contributed by atoms with Gasteiger partial charge in [0.25, 0.3) is 0 Å². The summed E-state index contributed by atoms with van der Waals surface area (Å²) in [7, 11) is 1.69. The lowest BCUT2D eigenvalue weighted by atomic mass is 10.0. The molecule has 0 heterocycles. The molecule has 1 aromatic carbocycles. The molecule has 0 aromatic heterocycles. The normalized spacial score (nSPS) is 10.4. The molecule has 0 saturated heterocycles. The van der Waals surface area contributed by atoms with Gasteiger partial charge in [0.2, 0.25) is 0 Å². The third-order valence-electron chi connectivity index (χ3n) is 2.44. The maximum absolute atomic E-state index is 10.8. The lowest BCUT2D eigenvalue weighted by Crippen LogP contribution is -2.31. The van der Waals surface area contributed by atoms with E-state index in [1.165, 1.54) is 10.5 Å². The number of rotatable bonds is 3. The number of carbonyl (C=O) groups excluding carboxylic acids is 1. The molecule has 0 bridgehead atoms. The van der Waals surface area contributed by atoms with Crippen LogP contribution in [-0.4, -0.2) is 18.0 Å². The van der Waals surface area contributed by atoms with Crippen LogP contribution in [0.3, 0.4) is 0 Å². The first-order chi connectivity index (χ1) is 7.00. The Morgan fingerprint density at radius 1 is 1.33 bits per heavy atom. The number of nitrogens with zero attached hydrogens (tertiary/aromatic N) is 1. The zero-order valence-corrected chi connectivity index (χ0v) is 9.53. The van der Waals surface area contributed by atoms with Gasteiger partial charge in [-0.15, -0.1) is 0 Å². The second kappa shape index (κ2) is 4.82. The molecule has 0 atom stereocenters. The number of primary amides is 1. The third-order valence-corrected chi connectivity index (χ3v) is 2.44. The average Bonchev–Trinajstić information content (AvgIpc) is 2.18. The van der Waals surface area contributed by atoms with Crippen molar-refractivity contribution < 1.29 is 4.79 Å². The summed E-state index contributed by atoms with van der Waals surface area (Å²) >= 11 is 0. The molecule has 15 heavy (non-hydrogen) atoms. The van der Waals surface area contributed by atoms with E-state index in [9.17, 15) is 4.79 Å². The van der Waals surface area contributed by atoms with Crippen molar-refractivity contribution in [2.75, 3.05) is 7.05 Å². The fourth-order valence-electron chi connectivity index (χ4n) is 1.36. The van der Waals surface area contributed by atoms with Crippen LogP contribution in [0.1, 0.15) is 30.9 Å². The van der Waals surface area contributed by atoms with Crippen LogP contribution in [0.25, 0.3) is 0 Å². The Morgan fingerprint density at radius 3 is 2.27 bits per heavy atom. The third kappa shape index (κ3) is 3.27. The van der Waals surface area contributed by atoms with Gasteiger partial charge in [0.05, 0.1) is 0 Å². The Balaban J connectivity index is 2.68. The predicted molar refractivity (Wildman–Crippen MR) is 61.6 cm³/mol. The summed E-state index contributed by atoms with van der Waals surface area (Å²) in [6.45, 7) is 4.88. The molecule has 0 saturated carbocycles. The van der Waals surface area contributed by atoms with Gasteiger partial charge in [0.1, 0.15) is 0 Å². The highest BCUT2D eigenvalue weighted by Crippen LogP contribution is 2.15. The maximum atomic E-state index is 10.8. The zero-order chi connectivity index (χ0) is 11.4. The SMILES string of the molecule is CC(C)c1ccc(CN(C)C(N)=O)cc1. The average molecular weight is 206 g/mol. The molecule has 0 fully saturated rings. The Kier molecular flexibility index (Phi) is 3.72. The van der Waals surface area contributed by atoms with Crippen LogP contribution in [-0.2, 0) is 6.54 Å². The van der Waals surface area contributed by atoms with Crippen molar-refractivity contribution in [1.82, 2.24) is 4.90 Å². The first-order valence-corrected chi connectivity index (χ1v) is 5.10. The van der Waals surface area contributed by atoms with Crippen LogP contribution >= 0.6 is 0 Å². The van der Waals surface area contributed by atoms with Crippen molar-refractivity contribution in [2.45, 2.75) is 26.3 Å². The molecule has 1 rings (SSSR count). The monoisotopic (exact) mass is 206 g/mol. The van der Waals surface area contributed by atoms with Gasteiger partial charge in [-0.05, 0) is 17.0 Å². The number of carbonyl (C=O) groups is 1. The van der Waals surface area contributed by atoms with Gasteiger partial charge >= 0.3 is 6.03 Å². The first kappa shape index (κ1) is 11.6. The minimum Gasteiger partial charge on any atom is -0.351 e. The highest BCUT2D eigenvalue weighted by atomic mass is 16.2. The van der Waals surface area contributed by atoms with E-state index in [1.54, 1.807) is 7.05 Å². The summed E-state index contributed by atoms with van der Waals surface area (Å²) in [5.41, 5.74) is 7.55. The topological polar surface area (TPSA) is 46.3 Å². The van der Waals surface area contributed by atoms with Crippen LogP contribution < -0.4 is 5.73 Å². The summed E-state index contributed by atoms with van der Waals surface area (Å²) in [6, 6.07) is 7.86. The van der Waals surface area contributed by atoms with Crippen LogP contribution in [0.2, 0.25) is 0 Å². The number of nitrogens with two attached hydrogens (primary N) is 1. The molecule has 0 spiro atoms. The van der Waals surface area contributed by atoms with Gasteiger partial charge in [-0.25, -0.2) is 4.79 Å². The Morgan fingerprint density at radius 2 is 1.87 bits per heavy atom. The van der Waals surface area contributed by atoms with Gasteiger partial charge in [-0.1, -0.05) is 38.1 Å². The highest BCUT2D eigenvalue weighted by Gasteiger charge is 2.04. The molecule has 0 aliphatic heterocycles. The highest BCUT2D eigenvalue weighted by molar-refractivity contribution is 5.71. The molecule has 82 valence electrons. The number of benzene rings is 1. The first-order valence-electron chi connectivity index (χ1n) is 5.10. The molecule has 3 heteroatoms. The van der Waals surface area contributed by atoms with Crippen molar-refractivity contribution in [2.24, 2.45) is 5.73 Å². The van der Waals surface area contributed by atoms with Crippen LogP contribution in [0, 0.1) is 0 Å². The molecule has 0 aliphatic rings. The largest absolute Gasteiger partial charge is 0.351 e. The molecule has 0 radical (unpaired) electrons. The van der Waals surface area contributed by atoms with E-state index in [1.807, 2.05) is 12.1 Å². The number of hydrogen-bond acceptors (Lipinski definition) is 1. The van der Waals surface area contributed by atoms with E-state index < -0.39 is 6.03 Å². The van der Waals surface area contributed by atoms with Crippen molar-refractivity contribution >= 4 is 6.03 Å². The fourth-order valence-corrected chi connectivity index (χ4v) is 1.36. The van der Waals surface area contributed by atoms with Crippen molar-refractivity contribution in [1.29, 1.82) is 0 Å². The van der Waals surface area contributed by atoms with Crippen molar-refractivity contribution in [3.05, 3.63) is 35.4 Å². The quantitative estimate of drug-likeness (QED) is 0.810. The molecule has 2 amide bonds. The van der Waals surface area contributed by atoms with E-state index in [-0.39, 0.29) is 0 Å². The summed E-state index contributed by atoms with van der Waals surface area (Å²) in [4.78, 5) is 12.3. The second-order valence-electron chi connectivity index (χ2n) is 4.09. The van der Waals surface area contributed by atoms with Gasteiger partial charge < -0.3 is 10.6 Å². The second-order valence-corrected chi connectivity index (χ2v) is 4.09. The summed E-state index contributed by atoms with van der Waals surface area (Å²) in [5, 5.41) is 0.